The molecule has 12 aromatic carbocycles. The van der Waals surface area contributed by atoms with Gasteiger partial charge in [0.25, 0.3) is 0 Å². The summed E-state index contributed by atoms with van der Waals surface area (Å²) in [4.78, 5) is 2.49. The molecule has 13 aromatic rings. The van der Waals surface area contributed by atoms with Crippen LogP contribution in [-0.2, 0) is 0 Å². The summed E-state index contributed by atoms with van der Waals surface area (Å²) in [7, 11) is 0. The van der Waals surface area contributed by atoms with Crippen LogP contribution in [0.5, 0.6) is 0 Å². The molecule has 68 heavy (non-hydrogen) atoms. The maximum Gasteiger partial charge on any atom is 0.0547 e. The molecule has 0 bridgehead atoms. The molecule has 0 N–H and O–H groups in total. The Kier molecular flexibility index (Phi) is 9.54. The number of hydrogen-bond donors (Lipinski definition) is 0. The standard InChI is InChI=1S/C66H44N2/c1-3-19-45(20-4-1)52-30-15-22-48-23-16-34-59(65(48)52)58-28-10-13-36-62(58)67(61-35-12-9-27-57(61)55-33-17-32-54-51-26-8-7-21-46(51)41-44-56(54)55)50-42-39-47(40-43-50)53-31-18-38-64-66(53)60-29-11-14-37-63(60)68(64)49-24-5-2-6-25-49/h1-44H. The number of para-hydroxylation sites is 4. The Balaban J connectivity index is 1.04. The van der Waals surface area contributed by atoms with Crippen molar-refractivity contribution in [2.45, 2.75) is 0 Å². The largest absolute Gasteiger partial charge is 0.309 e. The van der Waals surface area contributed by atoms with Crippen molar-refractivity contribution in [2.75, 3.05) is 4.90 Å². The molecular weight excluding hydrogens is 821 g/mol. The zero-order valence-electron chi connectivity index (χ0n) is 37.3. The average molecular weight is 865 g/mol. The van der Waals surface area contributed by atoms with Gasteiger partial charge in [-0.2, -0.15) is 0 Å². The minimum atomic E-state index is 1.07. The monoisotopic (exact) mass is 864 g/mol. The van der Waals surface area contributed by atoms with Gasteiger partial charge in [-0.3, -0.25) is 0 Å². The van der Waals surface area contributed by atoms with Crippen molar-refractivity contribution in [3.05, 3.63) is 267 Å². The van der Waals surface area contributed by atoms with Crippen molar-refractivity contribution in [3.8, 4) is 50.2 Å². The molecule has 0 fully saturated rings. The van der Waals surface area contributed by atoms with E-state index in [-0.39, 0.29) is 0 Å². The molecule has 0 unspecified atom stereocenters. The van der Waals surface area contributed by atoms with E-state index >= 15 is 0 Å². The first-order valence-electron chi connectivity index (χ1n) is 23.4. The van der Waals surface area contributed by atoms with Gasteiger partial charge in [0.1, 0.15) is 0 Å². The third-order valence-electron chi connectivity index (χ3n) is 13.8. The summed E-state index contributed by atoms with van der Waals surface area (Å²) in [6.45, 7) is 0. The van der Waals surface area contributed by atoms with Gasteiger partial charge in [0, 0.05) is 33.3 Å². The van der Waals surface area contributed by atoms with E-state index in [0.717, 1.165) is 33.9 Å². The van der Waals surface area contributed by atoms with Gasteiger partial charge in [-0.05, 0) is 114 Å². The Bertz CT molecular complexity index is 4010. The van der Waals surface area contributed by atoms with Gasteiger partial charge in [0.15, 0.2) is 0 Å². The van der Waals surface area contributed by atoms with Crippen molar-refractivity contribution in [1.29, 1.82) is 0 Å². The van der Waals surface area contributed by atoms with Crippen molar-refractivity contribution in [3.63, 3.8) is 0 Å². The van der Waals surface area contributed by atoms with Crippen molar-refractivity contribution >= 4 is 71.2 Å². The first kappa shape index (κ1) is 39.4. The maximum atomic E-state index is 2.49. The summed E-state index contributed by atoms with van der Waals surface area (Å²) < 4.78 is 2.39. The lowest BCUT2D eigenvalue weighted by Crippen LogP contribution is -2.12. The number of hydrogen-bond acceptors (Lipinski definition) is 1. The molecule has 2 nitrogen and oxygen atoms in total. The van der Waals surface area contributed by atoms with E-state index in [2.05, 4.69) is 276 Å². The summed E-state index contributed by atoms with van der Waals surface area (Å²) in [6.07, 6.45) is 0. The Morgan fingerprint density at radius 2 is 0.750 bits per heavy atom. The van der Waals surface area contributed by atoms with Gasteiger partial charge >= 0.3 is 0 Å². The van der Waals surface area contributed by atoms with Crippen LogP contribution in [0, 0.1) is 0 Å². The molecule has 1 heterocycles. The molecule has 0 atom stereocenters. The number of aromatic nitrogens is 1. The van der Waals surface area contributed by atoms with Crippen LogP contribution in [0.25, 0.3) is 104 Å². The molecule has 1 aromatic heterocycles. The van der Waals surface area contributed by atoms with Gasteiger partial charge < -0.3 is 9.47 Å². The number of fused-ring (bicyclic) bond motifs is 7. The Labute approximate surface area is 395 Å². The van der Waals surface area contributed by atoms with E-state index in [0.29, 0.717) is 0 Å². The molecule has 0 aliphatic rings. The maximum absolute atomic E-state index is 2.49. The fraction of sp³-hybridized carbons (Fsp3) is 0. The van der Waals surface area contributed by atoms with Crippen molar-refractivity contribution in [2.24, 2.45) is 0 Å². The Morgan fingerprint density at radius 1 is 0.250 bits per heavy atom. The molecule has 0 aliphatic carbocycles. The SMILES string of the molecule is c1ccc(-c2cccc3cccc(-c4ccccc4N(c4ccc(-c5cccc6c5c5ccccc5n6-c5ccccc5)cc4)c4ccccc4-c4cccc5c4ccc4ccccc45)c23)cc1. The van der Waals surface area contributed by atoms with Crippen LogP contribution in [0.15, 0.2) is 267 Å². The first-order valence-corrected chi connectivity index (χ1v) is 23.4. The van der Waals surface area contributed by atoms with Crippen molar-refractivity contribution < 1.29 is 0 Å². The topological polar surface area (TPSA) is 8.17 Å². The molecule has 0 amide bonds. The van der Waals surface area contributed by atoms with Gasteiger partial charge in [-0.25, -0.2) is 0 Å². The zero-order valence-corrected chi connectivity index (χ0v) is 37.3. The van der Waals surface area contributed by atoms with E-state index in [1.165, 1.54) is 87.5 Å². The van der Waals surface area contributed by atoms with Crippen LogP contribution >= 0.6 is 0 Å². The lowest BCUT2D eigenvalue weighted by Gasteiger charge is -2.30. The highest BCUT2D eigenvalue weighted by atomic mass is 15.1. The molecule has 0 saturated carbocycles. The zero-order chi connectivity index (χ0) is 45.0. The smallest absolute Gasteiger partial charge is 0.0547 e. The molecular formula is C66H44N2. The summed E-state index contributed by atoms with van der Waals surface area (Å²) >= 11 is 0. The van der Waals surface area contributed by atoms with Gasteiger partial charge in [-0.15, -0.1) is 0 Å². The van der Waals surface area contributed by atoms with Crippen LogP contribution in [0.2, 0.25) is 0 Å². The predicted octanol–water partition coefficient (Wildman–Crippen LogP) is 18.4. The number of anilines is 3. The van der Waals surface area contributed by atoms with E-state index in [9.17, 15) is 0 Å². The number of nitrogens with zero attached hydrogens (tertiary/aromatic N) is 2. The van der Waals surface area contributed by atoms with Gasteiger partial charge in [0.05, 0.1) is 22.4 Å². The summed E-state index contributed by atoms with van der Waals surface area (Å²) in [6, 6.07) is 97.6. The van der Waals surface area contributed by atoms with E-state index < -0.39 is 0 Å². The molecule has 318 valence electrons. The lowest BCUT2D eigenvalue weighted by atomic mass is 9.90. The minimum Gasteiger partial charge on any atom is -0.309 e. The van der Waals surface area contributed by atoms with Crippen LogP contribution in [-0.4, -0.2) is 4.57 Å². The molecule has 13 rings (SSSR count). The van der Waals surface area contributed by atoms with Gasteiger partial charge in [0.2, 0.25) is 0 Å². The van der Waals surface area contributed by atoms with Crippen molar-refractivity contribution in [1.82, 2.24) is 4.57 Å². The molecule has 0 radical (unpaired) electrons. The highest BCUT2D eigenvalue weighted by Crippen LogP contribution is 2.49. The predicted molar refractivity (Wildman–Crippen MR) is 290 cm³/mol. The highest BCUT2D eigenvalue weighted by Gasteiger charge is 2.24. The quantitative estimate of drug-likeness (QED) is 0.138. The Morgan fingerprint density at radius 3 is 1.51 bits per heavy atom. The fourth-order valence-electron chi connectivity index (χ4n) is 10.8. The van der Waals surface area contributed by atoms with Crippen LogP contribution in [0.1, 0.15) is 0 Å². The summed E-state index contributed by atoms with van der Waals surface area (Å²) in [5.74, 6) is 0. The lowest BCUT2D eigenvalue weighted by molar-refractivity contribution is 1.18. The van der Waals surface area contributed by atoms with E-state index in [1.807, 2.05) is 0 Å². The number of benzene rings is 12. The second kappa shape index (κ2) is 16.5. The number of rotatable bonds is 8. The van der Waals surface area contributed by atoms with E-state index in [4.69, 9.17) is 0 Å². The second-order valence-corrected chi connectivity index (χ2v) is 17.6. The molecule has 0 saturated heterocycles. The molecule has 0 spiro atoms. The second-order valence-electron chi connectivity index (χ2n) is 17.6. The molecule has 2 heteroatoms. The highest BCUT2D eigenvalue weighted by molar-refractivity contribution is 6.17. The fourth-order valence-corrected chi connectivity index (χ4v) is 10.8. The third-order valence-corrected chi connectivity index (χ3v) is 13.8. The Hall–Kier alpha value is -8.98. The van der Waals surface area contributed by atoms with Gasteiger partial charge in [-0.1, -0.05) is 218 Å². The van der Waals surface area contributed by atoms with Crippen LogP contribution < -0.4 is 4.90 Å². The molecule has 0 aliphatic heterocycles. The van der Waals surface area contributed by atoms with Crippen LogP contribution in [0.4, 0.5) is 17.1 Å². The normalized spacial score (nSPS) is 11.5. The third kappa shape index (κ3) is 6.49. The minimum absolute atomic E-state index is 1.07. The average Bonchev–Trinajstić information content (AvgIpc) is 3.76. The summed E-state index contributed by atoms with van der Waals surface area (Å²) in [5, 5.41) is 9.91. The summed E-state index contributed by atoms with van der Waals surface area (Å²) in [5.41, 5.74) is 16.3. The first-order chi connectivity index (χ1) is 33.8. The van der Waals surface area contributed by atoms with Crippen LogP contribution in [0.3, 0.4) is 0 Å². The van der Waals surface area contributed by atoms with E-state index in [1.54, 1.807) is 0 Å².